The van der Waals surface area contributed by atoms with Crippen LogP contribution in [0.2, 0.25) is 0 Å². The standard InChI is InChI=1S/C26H30F2N2O2/c1-19-4-2-3-5-21(19)18-30-14-12-26(13-15-30)11-10-22(32-26)17-29-25(31)9-7-20-6-8-23(27)24(28)16-20/h2-9,16,22H,10-15,17-18H2,1H3,(H,29,31). The Kier molecular flexibility index (Phi) is 7.01. The van der Waals surface area contributed by atoms with Crippen LogP contribution in [0.1, 0.15) is 42.4 Å². The molecule has 2 fully saturated rings. The Morgan fingerprint density at radius 3 is 2.69 bits per heavy atom. The summed E-state index contributed by atoms with van der Waals surface area (Å²) < 4.78 is 32.6. The molecule has 4 nitrogen and oxygen atoms in total. The van der Waals surface area contributed by atoms with Gasteiger partial charge in [0.15, 0.2) is 11.6 Å². The molecule has 0 bridgehead atoms. The van der Waals surface area contributed by atoms with Gasteiger partial charge in [-0.05, 0) is 67.5 Å². The maximum absolute atomic E-state index is 13.3. The van der Waals surface area contributed by atoms with E-state index in [2.05, 4.69) is 41.4 Å². The summed E-state index contributed by atoms with van der Waals surface area (Å²) in [4.78, 5) is 14.6. The molecular weight excluding hydrogens is 410 g/mol. The lowest BCUT2D eigenvalue weighted by molar-refractivity contribution is -0.118. The maximum Gasteiger partial charge on any atom is 0.244 e. The summed E-state index contributed by atoms with van der Waals surface area (Å²) in [6.07, 6.45) is 6.80. The van der Waals surface area contributed by atoms with E-state index in [1.807, 2.05) is 0 Å². The molecule has 1 N–H and O–H groups in total. The van der Waals surface area contributed by atoms with Gasteiger partial charge in [-0.2, -0.15) is 0 Å². The maximum atomic E-state index is 13.3. The summed E-state index contributed by atoms with van der Waals surface area (Å²) in [5.41, 5.74) is 3.08. The van der Waals surface area contributed by atoms with E-state index in [1.54, 1.807) is 0 Å². The predicted molar refractivity (Wildman–Crippen MR) is 121 cm³/mol. The number of benzene rings is 2. The third kappa shape index (κ3) is 5.61. The quantitative estimate of drug-likeness (QED) is 0.667. The zero-order valence-corrected chi connectivity index (χ0v) is 18.4. The SMILES string of the molecule is Cc1ccccc1CN1CCC2(CCC(CNC(=O)C=Cc3ccc(F)c(F)c3)O2)CC1. The van der Waals surface area contributed by atoms with Gasteiger partial charge in [-0.1, -0.05) is 30.3 Å². The van der Waals surface area contributed by atoms with Crippen LogP contribution in [-0.2, 0) is 16.1 Å². The predicted octanol–water partition coefficient (Wildman–Crippen LogP) is 4.62. The van der Waals surface area contributed by atoms with E-state index < -0.39 is 11.6 Å². The van der Waals surface area contributed by atoms with E-state index in [9.17, 15) is 13.6 Å². The summed E-state index contributed by atoms with van der Waals surface area (Å²) in [5.74, 6) is -2.10. The second-order valence-electron chi connectivity index (χ2n) is 8.92. The molecular formula is C26H30F2N2O2. The number of nitrogens with one attached hydrogen (secondary N) is 1. The molecule has 1 amide bonds. The molecule has 2 aliphatic rings. The number of carbonyl (C=O) groups is 1. The van der Waals surface area contributed by atoms with Crippen molar-refractivity contribution in [3.8, 4) is 0 Å². The van der Waals surface area contributed by atoms with Crippen molar-refractivity contribution in [3.05, 3.63) is 76.9 Å². The molecule has 0 radical (unpaired) electrons. The number of nitrogens with zero attached hydrogens (tertiary/aromatic N) is 1. The molecule has 32 heavy (non-hydrogen) atoms. The molecule has 6 heteroatoms. The molecule has 0 aromatic heterocycles. The van der Waals surface area contributed by atoms with Crippen molar-refractivity contribution < 1.29 is 18.3 Å². The van der Waals surface area contributed by atoms with Crippen LogP contribution < -0.4 is 5.32 Å². The van der Waals surface area contributed by atoms with Gasteiger partial charge in [-0.25, -0.2) is 8.78 Å². The minimum absolute atomic E-state index is 0.0125. The normalized spacial score (nSPS) is 20.8. The van der Waals surface area contributed by atoms with Crippen LogP contribution in [-0.4, -0.2) is 42.1 Å². The fraction of sp³-hybridized carbons (Fsp3) is 0.423. The number of hydrogen-bond acceptors (Lipinski definition) is 3. The van der Waals surface area contributed by atoms with E-state index in [4.69, 9.17) is 4.74 Å². The van der Waals surface area contributed by atoms with E-state index in [-0.39, 0.29) is 17.6 Å². The van der Waals surface area contributed by atoms with Gasteiger partial charge < -0.3 is 10.1 Å². The third-order valence-corrected chi connectivity index (χ3v) is 6.64. The fourth-order valence-corrected chi connectivity index (χ4v) is 4.62. The summed E-state index contributed by atoms with van der Waals surface area (Å²) in [7, 11) is 0. The highest BCUT2D eigenvalue weighted by molar-refractivity contribution is 5.91. The smallest absolute Gasteiger partial charge is 0.244 e. The molecule has 1 unspecified atom stereocenters. The zero-order valence-electron chi connectivity index (χ0n) is 18.4. The molecule has 2 aromatic rings. The Balaban J connectivity index is 1.21. The molecule has 1 atom stereocenters. The second kappa shape index (κ2) is 9.92. The van der Waals surface area contributed by atoms with E-state index in [0.29, 0.717) is 12.1 Å². The largest absolute Gasteiger partial charge is 0.370 e. The number of carbonyl (C=O) groups excluding carboxylic acids is 1. The number of likely N-dealkylation sites (tertiary alicyclic amines) is 1. The number of halogens is 2. The number of rotatable bonds is 6. The van der Waals surface area contributed by atoms with Crippen molar-refractivity contribution in [2.75, 3.05) is 19.6 Å². The first kappa shape index (κ1) is 22.6. The van der Waals surface area contributed by atoms with Crippen LogP contribution in [0.15, 0.2) is 48.5 Å². The van der Waals surface area contributed by atoms with Crippen LogP contribution in [0, 0.1) is 18.6 Å². The molecule has 2 aromatic carbocycles. The number of amides is 1. The highest BCUT2D eigenvalue weighted by atomic mass is 19.2. The number of piperidine rings is 1. The average molecular weight is 441 g/mol. The fourth-order valence-electron chi connectivity index (χ4n) is 4.62. The van der Waals surface area contributed by atoms with Crippen molar-refractivity contribution >= 4 is 12.0 Å². The van der Waals surface area contributed by atoms with Gasteiger partial charge in [0.25, 0.3) is 0 Å². The van der Waals surface area contributed by atoms with Crippen molar-refractivity contribution in [1.29, 1.82) is 0 Å². The van der Waals surface area contributed by atoms with Gasteiger partial charge in [-0.3, -0.25) is 9.69 Å². The molecule has 2 aliphatic heterocycles. The molecule has 2 saturated heterocycles. The van der Waals surface area contributed by atoms with Gasteiger partial charge in [0, 0.05) is 32.3 Å². The molecule has 0 saturated carbocycles. The van der Waals surface area contributed by atoms with Gasteiger partial charge in [0.05, 0.1) is 11.7 Å². The molecule has 4 rings (SSSR count). The summed E-state index contributed by atoms with van der Waals surface area (Å²) in [6, 6.07) is 12.1. The highest BCUT2D eigenvalue weighted by Crippen LogP contribution is 2.39. The molecule has 1 spiro atoms. The lowest BCUT2D eigenvalue weighted by Crippen LogP contribution is -2.44. The second-order valence-corrected chi connectivity index (χ2v) is 8.92. The first-order valence-corrected chi connectivity index (χ1v) is 11.3. The van der Waals surface area contributed by atoms with Gasteiger partial charge >= 0.3 is 0 Å². The van der Waals surface area contributed by atoms with Crippen LogP contribution in [0.4, 0.5) is 8.78 Å². The van der Waals surface area contributed by atoms with Crippen molar-refractivity contribution in [1.82, 2.24) is 10.2 Å². The monoisotopic (exact) mass is 440 g/mol. The average Bonchev–Trinajstić information content (AvgIpc) is 3.19. The van der Waals surface area contributed by atoms with E-state index in [0.717, 1.165) is 57.5 Å². The summed E-state index contributed by atoms with van der Waals surface area (Å²) in [5, 5.41) is 2.86. The Morgan fingerprint density at radius 2 is 1.94 bits per heavy atom. The van der Waals surface area contributed by atoms with Gasteiger partial charge in [0.2, 0.25) is 5.91 Å². The highest BCUT2D eigenvalue weighted by Gasteiger charge is 2.42. The van der Waals surface area contributed by atoms with Crippen LogP contribution in [0.3, 0.4) is 0 Å². The minimum Gasteiger partial charge on any atom is -0.370 e. The molecule has 0 aliphatic carbocycles. The molecule has 170 valence electrons. The number of hydrogen-bond donors (Lipinski definition) is 1. The Labute approximate surface area is 188 Å². The first-order chi connectivity index (χ1) is 15.4. The topological polar surface area (TPSA) is 41.6 Å². The van der Waals surface area contributed by atoms with E-state index in [1.165, 1.54) is 29.3 Å². The summed E-state index contributed by atoms with van der Waals surface area (Å²) in [6.45, 7) is 5.63. The zero-order chi connectivity index (χ0) is 22.6. The van der Waals surface area contributed by atoms with E-state index >= 15 is 0 Å². The van der Waals surface area contributed by atoms with Crippen molar-refractivity contribution in [2.24, 2.45) is 0 Å². The van der Waals surface area contributed by atoms with Crippen LogP contribution >= 0.6 is 0 Å². The minimum atomic E-state index is -0.929. The number of ether oxygens (including phenoxy) is 1. The van der Waals surface area contributed by atoms with Crippen LogP contribution in [0.5, 0.6) is 0 Å². The molecule has 2 heterocycles. The van der Waals surface area contributed by atoms with Crippen molar-refractivity contribution in [3.63, 3.8) is 0 Å². The Bertz CT molecular complexity index is 984. The Hall–Kier alpha value is -2.57. The lowest BCUT2D eigenvalue weighted by atomic mass is 9.88. The Morgan fingerprint density at radius 1 is 1.16 bits per heavy atom. The lowest BCUT2D eigenvalue weighted by Gasteiger charge is -2.39. The number of aryl methyl sites for hydroxylation is 1. The van der Waals surface area contributed by atoms with Gasteiger partial charge in [-0.15, -0.1) is 0 Å². The third-order valence-electron chi connectivity index (χ3n) is 6.64. The van der Waals surface area contributed by atoms with Crippen LogP contribution in [0.25, 0.3) is 6.08 Å². The first-order valence-electron chi connectivity index (χ1n) is 11.3. The van der Waals surface area contributed by atoms with Gasteiger partial charge in [0.1, 0.15) is 0 Å². The van der Waals surface area contributed by atoms with Crippen molar-refractivity contribution in [2.45, 2.75) is 50.9 Å². The summed E-state index contributed by atoms with van der Waals surface area (Å²) >= 11 is 0.